The van der Waals surface area contributed by atoms with Gasteiger partial charge in [0.1, 0.15) is 12.2 Å². The highest BCUT2D eigenvalue weighted by Gasteiger charge is 2.31. The zero-order valence-electron chi connectivity index (χ0n) is 28.9. The van der Waals surface area contributed by atoms with Crippen molar-refractivity contribution in [1.29, 1.82) is 5.26 Å². The average molecular weight is 725 g/mol. The molecule has 4 atom stereocenters. The highest BCUT2D eigenvalue weighted by atomic mass is 32.2. The highest BCUT2D eigenvalue weighted by Crippen LogP contribution is 2.25. The Hall–Kier alpha value is -5.03. The second-order valence-electron chi connectivity index (χ2n) is 13.3. The molecule has 0 aliphatic heterocycles. The number of aromatic nitrogens is 2. The third kappa shape index (κ3) is 9.85. The molecule has 3 aromatic carbocycles. The predicted octanol–water partition coefficient (Wildman–Crippen LogP) is 5.46. The summed E-state index contributed by atoms with van der Waals surface area (Å²) in [5, 5.41) is 19.7. The average Bonchev–Trinajstić information content (AvgIpc) is 3.55. The zero-order valence-corrected chi connectivity index (χ0v) is 29.8. The Morgan fingerprint density at radius 1 is 0.769 bits per heavy atom. The number of hydrogen-bond acceptors (Lipinski definition) is 8. The maximum atomic E-state index is 13.9. The smallest absolute Gasteiger partial charge is 0.269 e. The molecule has 1 aromatic heterocycles. The summed E-state index contributed by atoms with van der Waals surface area (Å²) in [6.07, 6.45) is 6.50. The molecular formula is C39H44N6O6S. The van der Waals surface area contributed by atoms with Crippen LogP contribution in [0, 0.1) is 11.3 Å². The number of ether oxygens (including phenoxy) is 2. The largest absolute Gasteiger partial charge is 0.371 e. The van der Waals surface area contributed by atoms with Gasteiger partial charge in [0.15, 0.2) is 5.82 Å². The first-order chi connectivity index (χ1) is 25.3. The molecule has 2 fully saturated rings. The van der Waals surface area contributed by atoms with Crippen LogP contribution in [0.15, 0.2) is 95.9 Å². The summed E-state index contributed by atoms with van der Waals surface area (Å²) in [5.74, 6) is -0.990. The Morgan fingerprint density at radius 2 is 1.31 bits per heavy atom. The first-order valence-corrected chi connectivity index (χ1v) is 19.3. The van der Waals surface area contributed by atoms with Crippen molar-refractivity contribution in [2.45, 2.75) is 100 Å². The number of nitriles is 1. The van der Waals surface area contributed by atoms with E-state index in [4.69, 9.17) is 14.7 Å². The lowest BCUT2D eigenvalue weighted by Crippen LogP contribution is -2.48. The highest BCUT2D eigenvalue weighted by molar-refractivity contribution is 7.92. The maximum absolute atomic E-state index is 13.9. The second-order valence-corrected chi connectivity index (χ2v) is 15.0. The fraction of sp³-hybridized carbons (Fsp3) is 0.385. The van der Waals surface area contributed by atoms with E-state index in [1.54, 1.807) is 0 Å². The zero-order chi connectivity index (χ0) is 36.3. The van der Waals surface area contributed by atoms with Crippen LogP contribution < -0.4 is 15.4 Å². The van der Waals surface area contributed by atoms with Crippen molar-refractivity contribution in [3.8, 4) is 6.07 Å². The van der Waals surface area contributed by atoms with Crippen LogP contribution >= 0.6 is 0 Å². The number of carbonyl (C=O) groups is 2. The first kappa shape index (κ1) is 36.8. The maximum Gasteiger partial charge on any atom is 0.269 e. The number of benzene rings is 3. The van der Waals surface area contributed by atoms with E-state index in [0.717, 1.165) is 56.1 Å². The summed E-state index contributed by atoms with van der Waals surface area (Å²) >= 11 is 0. The SMILES string of the molecule is N#Cc1ccc(S(=O)(=O)Nc2cc(C(=O)N[C@H]3CCCC[C@@H]3OCc3ccccc3)n(CC(=O)NC3CCCC[C@@H]3OCc3ccccc3)n2)cc1. The van der Waals surface area contributed by atoms with Gasteiger partial charge < -0.3 is 20.1 Å². The van der Waals surface area contributed by atoms with Gasteiger partial charge in [0.05, 0.1) is 54.0 Å². The normalized spacial score (nSPS) is 20.4. The quantitative estimate of drug-likeness (QED) is 0.154. The summed E-state index contributed by atoms with van der Waals surface area (Å²) < 4.78 is 42.7. The van der Waals surface area contributed by atoms with Gasteiger partial charge in [0.2, 0.25) is 5.91 Å². The number of nitrogens with one attached hydrogen (secondary N) is 3. The summed E-state index contributed by atoms with van der Waals surface area (Å²) in [6, 6.07) is 27.9. The van der Waals surface area contributed by atoms with Crippen molar-refractivity contribution in [3.63, 3.8) is 0 Å². The van der Waals surface area contributed by atoms with Gasteiger partial charge in [-0.3, -0.25) is 14.3 Å². The minimum atomic E-state index is -4.13. The van der Waals surface area contributed by atoms with Gasteiger partial charge in [-0.1, -0.05) is 86.3 Å². The fourth-order valence-electron chi connectivity index (χ4n) is 6.78. The molecule has 0 bridgehead atoms. The van der Waals surface area contributed by atoms with E-state index < -0.39 is 15.9 Å². The summed E-state index contributed by atoms with van der Waals surface area (Å²) in [6.45, 7) is 0.525. The number of sulfonamides is 1. The molecule has 3 N–H and O–H groups in total. The van der Waals surface area contributed by atoms with E-state index >= 15 is 0 Å². The van der Waals surface area contributed by atoms with E-state index in [-0.39, 0.29) is 53.2 Å². The summed E-state index contributed by atoms with van der Waals surface area (Å²) in [4.78, 5) is 27.4. The monoisotopic (exact) mass is 724 g/mol. The van der Waals surface area contributed by atoms with E-state index in [2.05, 4.69) is 20.5 Å². The van der Waals surface area contributed by atoms with Crippen LogP contribution in [0.5, 0.6) is 0 Å². The lowest BCUT2D eigenvalue weighted by atomic mass is 9.92. The fourth-order valence-corrected chi connectivity index (χ4v) is 7.77. The molecule has 13 heteroatoms. The molecule has 0 saturated heterocycles. The molecule has 4 aromatic rings. The van der Waals surface area contributed by atoms with Crippen molar-refractivity contribution < 1.29 is 27.5 Å². The first-order valence-electron chi connectivity index (χ1n) is 17.8. The van der Waals surface area contributed by atoms with Gasteiger partial charge in [-0.2, -0.15) is 10.4 Å². The van der Waals surface area contributed by atoms with Gasteiger partial charge >= 0.3 is 0 Å². The van der Waals surface area contributed by atoms with Crippen LogP contribution in [0.4, 0.5) is 5.82 Å². The standard InChI is InChI=1S/C39H44N6O6S/c40-24-28-19-21-31(22-20-28)52(48,49)44-37-23-34(39(47)42-33-16-8-10-18-36(33)51-27-30-13-5-2-6-14-30)45(43-37)25-38(46)41-32-15-7-9-17-35(32)50-26-29-11-3-1-4-12-29/h1-6,11-14,19-23,32-33,35-36H,7-10,15-18,25-27H2,(H,41,46)(H,42,47)(H,43,44)/t32?,33-,35-,36-/m0/s1. The second kappa shape index (κ2) is 17.5. The molecule has 12 nitrogen and oxygen atoms in total. The van der Waals surface area contributed by atoms with E-state index in [1.807, 2.05) is 66.7 Å². The summed E-state index contributed by atoms with van der Waals surface area (Å²) in [7, 11) is -4.13. The number of rotatable bonds is 14. The number of amides is 2. The van der Waals surface area contributed by atoms with Gasteiger partial charge in [-0.15, -0.1) is 0 Å². The Kier molecular flexibility index (Phi) is 12.3. The minimum absolute atomic E-state index is 0.0283. The molecular weight excluding hydrogens is 681 g/mol. The van der Waals surface area contributed by atoms with Crippen LogP contribution in [0.25, 0.3) is 0 Å². The minimum Gasteiger partial charge on any atom is -0.371 e. The van der Waals surface area contributed by atoms with Gasteiger partial charge in [-0.05, 0) is 61.1 Å². The number of hydrogen-bond donors (Lipinski definition) is 3. The Morgan fingerprint density at radius 3 is 1.87 bits per heavy atom. The van der Waals surface area contributed by atoms with E-state index in [0.29, 0.717) is 25.2 Å². The topological polar surface area (TPSA) is 164 Å². The molecule has 52 heavy (non-hydrogen) atoms. The Bertz CT molecular complexity index is 1950. The van der Waals surface area contributed by atoms with Gasteiger partial charge in [0.25, 0.3) is 15.9 Å². The van der Waals surface area contributed by atoms with Crippen LogP contribution in [-0.4, -0.2) is 54.3 Å². The van der Waals surface area contributed by atoms with Crippen LogP contribution in [0.1, 0.15) is 78.5 Å². The van der Waals surface area contributed by atoms with Crippen molar-refractivity contribution in [2.75, 3.05) is 4.72 Å². The predicted molar refractivity (Wildman–Crippen MR) is 194 cm³/mol. The van der Waals surface area contributed by atoms with Crippen LogP contribution in [0.3, 0.4) is 0 Å². The lowest BCUT2D eigenvalue weighted by molar-refractivity contribution is -0.124. The molecule has 272 valence electrons. The molecule has 2 saturated carbocycles. The number of nitrogens with zero attached hydrogens (tertiary/aromatic N) is 3. The summed E-state index contributed by atoms with van der Waals surface area (Å²) in [5.41, 5.74) is 2.42. The van der Waals surface area contributed by atoms with Crippen molar-refractivity contribution >= 4 is 27.7 Å². The number of carbonyl (C=O) groups excluding carboxylic acids is 2. The molecule has 2 amide bonds. The van der Waals surface area contributed by atoms with Crippen molar-refractivity contribution in [2.24, 2.45) is 0 Å². The van der Waals surface area contributed by atoms with Crippen LogP contribution in [0.2, 0.25) is 0 Å². The van der Waals surface area contributed by atoms with Crippen molar-refractivity contribution in [1.82, 2.24) is 20.4 Å². The molecule has 0 spiro atoms. The molecule has 0 radical (unpaired) electrons. The number of anilines is 1. The third-order valence-electron chi connectivity index (χ3n) is 9.52. The van der Waals surface area contributed by atoms with E-state index in [1.165, 1.54) is 35.0 Å². The van der Waals surface area contributed by atoms with Gasteiger partial charge in [-0.25, -0.2) is 13.1 Å². The Labute approximate surface area is 304 Å². The molecule has 2 aliphatic rings. The van der Waals surface area contributed by atoms with Crippen molar-refractivity contribution in [3.05, 3.63) is 113 Å². The molecule has 1 unspecified atom stereocenters. The Balaban J connectivity index is 1.18. The van der Waals surface area contributed by atoms with Gasteiger partial charge in [0, 0.05) is 6.07 Å². The van der Waals surface area contributed by atoms with Crippen LogP contribution in [-0.2, 0) is 44.1 Å². The lowest BCUT2D eigenvalue weighted by Gasteiger charge is -2.32. The van der Waals surface area contributed by atoms with E-state index in [9.17, 15) is 18.0 Å². The molecule has 2 aliphatic carbocycles. The molecule has 6 rings (SSSR count). The third-order valence-corrected chi connectivity index (χ3v) is 10.9. The molecule has 1 heterocycles.